The van der Waals surface area contributed by atoms with Gasteiger partial charge in [0.15, 0.2) is 0 Å². The van der Waals surface area contributed by atoms with E-state index in [1.807, 2.05) is 12.2 Å². The van der Waals surface area contributed by atoms with E-state index in [0.29, 0.717) is 12.3 Å². The molecule has 0 aromatic rings. The van der Waals surface area contributed by atoms with Crippen molar-refractivity contribution in [3.63, 3.8) is 0 Å². The van der Waals surface area contributed by atoms with Crippen LogP contribution in [0.2, 0.25) is 3.46 Å². The summed E-state index contributed by atoms with van der Waals surface area (Å²) in [7, 11) is 0. The number of carbonyl (C=O) groups excluding carboxylic acids is 1. The van der Waals surface area contributed by atoms with Crippen LogP contribution in [0.4, 0.5) is 0 Å². The van der Waals surface area contributed by atoms with Crippen LogP contribution in [0, 0.1) is 5.92 Å². The number of nitrogens with one attached hydrogen (secondary N) is 1. The molecule has 3 aliphatic rings. The summed E-state index contributed by atoms with van der Waals surface area (Å²) in [5.41, 5.74) is 0.949. The molecular formula is C14H18ClNO3Te. The number of carbonyl (C=O) groups is 1. The first kappa shape index (κ1) is 14.7. The quantitative estimate of drug-likeness (QED) is 0.319. The van der Waals surface area contributed by atoms with Crippen molar-refractivity contribution >= 4 is 37.0 Å². The van der Waals surface area contributed by atoms with E-state index >= 15 is 0 Å². The predicted octanol–water partition coefficient (Wildman–Crippen LogP) is 1.47. The van der Waals surface area contributed by atoms with Gasteiger partial charge >= 0.3 is 130 Å². The zero-order valence-corrected chi connectivity index (χ0v) is 14.1. The van der Waals surface area contributed by atoms with Gasteiger partial charge in [-0.1, -0.05) is 0 Å². The van der Waals surface area contributed by atoms with Crippen molar-refractivity contribution in [2.75, 3.05) is 5.88 Å². The van der Waals surface area contributed by atoms with Gasteiger partial charge in [-0.25, -0.2) is 0 Å². The number of allylic oxidation sites excluding steroid dienone is 1. The zero-order valence-electron chi connectivity index (χ0n) is 11.0. The van der Waals surface area contributed by atoms with E-state index in [0.717, 1.165) is 24.8 Å². The molecule has 2 aliphatic heterocycles. The van der Waals surface area contributed by atoms with Gasteiger partial charge in [0.2, 0.25) is 0 Å². The second-order valence-electron chi connectivity index (χ2n) is 5.60. The molecule has 0 spiro atoms. The molecule has 2 heterocycles. The van der Waals surface area contributed by atoms with Crippen molar-refractivity contribution in [1.29, 1.82) is 0 Å². The molecule has 1 saturated heterocycles. The predicted molar refractivity (Wildman–Crippen MR) is 77.0 cm³/mol. The topological polar surface area (TPSA) is 66.4 Å². The fourth-order valence-corrected chi connectivity index (χ4v) is 8.85. The monoisotopic (exact) mass is 413 g/mol. The number of amides is 1. The average molecular weight is 411 g/mol. The van der Waals surface area contributed by atoms with Gasteiger partial charge in [-0.2, -0.15) is 0 Å². The molecule has 4 atom stereocenters. The van der Waals surface area contributed by atoms with Crippen LogP contribution in [0.15, 0.2) is 21.8 Å². The van der Waals surface area contributed by atoms with Crippen molar-refractivity contribution in [1.82, 2.24) is 5.32 Å². The average Bonchev–Trinajstić information content (AvgIpc) is 2.67. The fraction of sp³-hybridized carbons (Fsp3) is 0.643. The normalized spacial score (nSPS) is 37.9. The van der Waals surface area contributed by atoms with E-state index < -0.39 is 29.1 Å². The molecule has 6 heteroatoms. The molecule has 0 saturated carbocycles. The number of fused-ring (bicyclic) bond motifs is 1. The number of hydrogen-bond donors (Lipinski definition) is 2. The molecule has 110 valence electrons. The molecule has 4 nitrogen and oxygen atoms in total. The number of halogens is 1. The molecule has 0 aromatic carbocycles. The Bertz CT molecular complexity index is 519. The summed E-state index contributed by atoms with van der Waals surface area (Å²) in [4.78, 5) is 12.2. The van der Waals surface area contributed by atoms with Crippen LogP contribution in [0.3, 0.4) is 0 Å². The Morgan fingerprint density at radius 2 is 2.40 bits per heavy atom. The molecule has 20 heavy (non-hydrogen) atoms. The minimum atomic E-state index is -3.03. The van der Waals surface area contributed by atoms with Crippen LogP contribution in [0.25, 0.3) is 0 Å². The van der Waals surface area contributed by atoms with E-state index in [-0.39, 0.29) is 17.9 Å². The third kappa shape index (κ3) is 1.94. The number of aliphatic hydroxyl groups excluding tert-OH is 1. The van der Waals surface area contributed by atoms with Crippen molar-refractivity contribution in [2.45, 2.75) is 41.3 Å². The molecule has 0 unspecified atom stereocenters. The Labute approximate surface area is 130 Å². The summed E-state index contributed by atoms with van der Waals surface area (Å²) in [5, 5.41) is 13.6. The molecule has 1 amide bonds. The van der Waals surface area contributed by atoms with Crippen molar-refractivity contribution < 1.29 is 13.0 Å². The third-order valence-electron chi connectivity index (χ3n) is 4.54. The van der Waals surface area contributed by atoms with Gasteiger partial charge in [-0.3, -0.25) is 0 Å². The molecule has 1 fully saturated rings. The van der Waals surface area contributed by atoms with Crippen LogP contribution in [-0.2, 0) is 7.90 Å². The maximum atomic E-state index is 12.6. The van der Waals surface area contributed by atoms with Crippen molar-refractivity contribution in [2.24, 2.45) is 5.92 Å². The van der Waals surface area contributed by atoms with Crippen LogP contribution in [-0.4, -0.2) is 48.6 Å². The number of rotatable bonds is 4. The van der Waals surface area contributed by atoms with Crippen molar-refractivity contribution in [3.05, 3.63) is 21.8 Å². The van der Waals surface area contributed by atoms with E-state index in [2.05, 4.69) is 5.32 Å². The van der Waals surface area contributed by atoms with Gasteiger partial charge in [0.05, 0.1) is 0 Å². The zero-order chi connectivity index (χ0) is 14.3. The summed E-state index contributed by atoms with van der Waals surface area (Å²) in [5.74, 6) is 0.152. The summed E-state index contributed by atoms with van der Waals surface area (Å²) < 4.78 is 13.3. The van der Waals surface area contributed by atoms with E-state index in [1.54, 1.807) is 4.12 Å². The first-order valence-electron chi connectivity index (χ1n) is 6.95. The molecule has 2 N–H and O–H groups in total. The fourth-order valence-electron chi connectivity index (χ4n) is 3.44. The molecular weight excluding hydrogens is 393 g/mol. The molecule has 0 bridgehead atoms. The molecule has 3 rings (SSSR count). The first-order valence-corrected chi connectivity index (χ1v) is 10.9. The first-order chi connectivity index (χ1) is 9.62. The summed E-state index contributed by atoms with van der Waals surface area (Å²) in [6.07, 6.45) is 6.71. The SMILES string of the molecule is O=C1N[C@H]2C(CCCl)=C[Te](=O)[C@@]12[C@@H](O)[C@@H]1C=CCCC1. The second-order valence-corrected chi connectivity index (χ2v) is 10.3. The Morgan fingerprint density at radius 1 is 1.60 bits per heavy atom. The second kappa shape index (κ2) is 5.53. The molecule has 1 aliphatic carbocycles. The minimum absolute atomic E-state index is 0.0570. The third-order valence-corrected chi connectivity index (χ3v) is 10.00. The van der Waals surface area contributed by atoms with E-state index in [1.165, 1.54) is 0 Å². The van der Waals surface area contributed by atoms with Gasteiger partial charge in [-0.05, 0) is 0 Å². The maximum absolute atomic E-state index is 12.6. The van der Waals surface area contributed by atoms with Crippen LogP contribution >= 0.6 is 11.6 Å². The number of hydrogen-bond acceptors (Lipinski definition) is 3. The summed E-state index contributed by atoms with van der Waals surface area (Å²) >= 11 is 2.73. The van der Waals surface area contributed by atoms with Gasteiger partial charge < -0.3 is 0 Å². The van der Waals surface area contributed by atoms with E-state index in [4.69, 9.17) is 11.6 Å². The van der Waals surface area contributed by atoms with E-state index in [9.17, 15) is 13.0 Å². The Hall–Kier alpha value is -0.210. The summed E-state index contributed by atoms with van der Waals surface area (Å²) in [6.45, 7) is 0. The molecule has 0 radical (unpaired) electrons. The number of aliphatic hydroxyl groups is 1. The van der Waals surface area contributed by atoms with Crippen LogP contribution < -0.4 is 5.32 Å². The standard InChI is InChI=1S/C14H18ClNO3Te/c15-7-6-10-8-20(19)14(11(10)16-13(14)18)12(17)9-4-2-1-3-5-9/h2,4,8-9,11-12,17H,1,3,5-7H2,(H,16,18)/t9-,11+,12+,14+/m1/s1. The van der Waals surface area contributed by atoms with Gasteiger partial charge in [-0.15, -0.1) is 0 Å². The summed E-state index contributed by atoms with van der Waals surface area (Å²) in [6, 6.07) is -0.256. The number of β-lactam (4-membered cyclic amide) rings is 1. The Morgan fingerprint density at radius 3 is 3.00 bits per heavy atom. The Balaban J connectivity index is 1.90. The Kier molecular flexibility index (Phi) is 4.07. The van der Waals surface area contributed by atoms with Gasteiger partial charge in [0.1, 0.15) is 0 Å². The van der Waals surface area contributed by atoms with Crippen LogP contribution in [0.1, 0.15) is 25.7 Å². The molecule has 0 aromatic heterocycles. The van der Waals surface area contributed by atoms with Gasteiger partial charge in [0, 0.05) is 0 Å². The van der Waals surface area contributed by atoms with Crippen LogP contribution in [0.5, 0.6) is 0 Å². The number of alkyl halides is 1. The van der Waals surface area contributed by atoms with Crippen molar-refractivity contribution in [3.8, 4) is 0 Å². The van der Waals surface area contributed by atoms with Gasteiger partial charge in [0.25, 0.3) is 0 Å².